The molecule has 0 bridgehead atoms. The first-order valence-electron chi connectivity index (χ1n) is 11.2. The van der Waals surface area contributed by atoms with Crippen LogP contribution in [0.4, 0.5) is 5.69 Å². The first-order chi connectivity index (χ1) is 16.0. The number of nitrogens with one attached hydrogen (secondary N) is 2. The number of methoxy groups -OCH3 is 1. The molecule has 9 heteroatoms. The number of ether oxygens (including phenoxy) is 3. The van der Waals surface area contributed by atoms with E-state index in [1.54, 1.807) is 7.11 Å². The Kier molecular flexibility index (Phi) is 5.80. The molecular formula is C24H26N4O4S. The Morgan fingerprint density at radius 3 is 2.67 bits per heavy atom. The lowest BCUT2D eigenvalue weighted by Crippen LogP contribution is -2.40. The molecule has 33 heavy (non-hydrogen) atoms. The summed E-state index contributed by atoms with van der Waals surface area (Å²) in [5.74, 6) is 2.22. The molecule has 0 radical (unpaired) electrons. The fourth-order valence-electron chi connectivity index (χ4n) is 4.39. The molecule has 1 spiro atoms. The third-order valence-electron chi connectivity index (χ3n) is 6.10. The highest BCUT2D eigenvalue weighted by atomic mass is 32.1. The number of amides is 1. The quantitative estimate of drug-likeness (QED) is 0.493. The van der Waals surface area contributed by atoms with Gasteiger partial charge in [0.15, 0.2) is 22.1 Å². The third kappa shape index (κ3) is 4.45. The van der Waals surface area contributed by atoms with Crippen LogP contribution in [0.2, 0.25) is 0 Å². The maximum atomic E-state index is 12.7. The average molecular weight is 467 g/mol. The Morgan fingerprint density at radius 2 is 1.91 bits per heavy atom. The Morgan fingerprint density at radius 1 is 1.15 bits per heavy atom. The maximum absolute atomic E-state index is 12.7. The molecule has 2 heterocycles. The van der Waals surface area contributed by atoms with Gasteiger partial charge in [-0.25, -0.2) is 0 Å². The number of carbonyl (C=O) groups excluding carboxylic acids is 1. The molecule has 0 atom stereocenters. The maximum Gasteiger partial charge on any atom is 0.251 e. The second kappa shape index (κ2) is 8.90. The Labute approximate surface area is 196 Å². The summed E-state index contributed by atoms with van der Waals surface area (Å²) in [7, 11) is 1.62. The van der Waals surface area contributed by atoms with Crippen molar-refractivity contribution >= 4 is 23.8 Å². The van der Waals surface area contributed by atoms with Crippen LogP contribution < -0.4 is 19.5 Å². The van der Waals surface area contributed by atoms with E-state index in [4.69, 9.17) is 26.4 Å². The van der Waals surface area contributed by atoms with Crippen LogP contribution in [0.1, 0.15) is 38.5 Å². The lowest BCUT2D eigenvalue weighted by Gasteiger charge is -2.31. The number of nitrogens with zero attached hydrogens (tertiary/aromatic N) is 2. The highest BCUT2D eigenvalue weighted by Gasteiger charge is 2.42. The monoisotopic (exact) mass is 466 g/mol. The number of anilines is 1. The SMILES string of the molecule is COc1ccc(-c2n[nH]c(=S)n2CCC(=O)Nc2ccc3c(c2)OC2(CCCCC2)O3)cc1. The number of rotatable bonds is 6. The van der Waals surface area contributed by atoms with Gasteiger partial charge in [-0.05, 0) is 61.5 Å². The number of benzene rings is 2. The molecule has 2 N–H and O–H groups in total. The zero-order valence-corrected chi connectivity index (χ0v) is 19.2. The second-order valence-electron chi connectivity index (χ2n) is 8.37. The van der Waals surface area contributed by atoms with Gasteiger partial charge in [0, 0.05) is 43.1 Å². The van der Waals surface area contributed by atoms with Crippen LogP contribution in [0.5, 0.6) is 17.2 Å². The van der Waals surface area contributed by atoms with E-state index < -0.39 is 5.79 Å². The van der Waals surface area contributed by atoms with Crippen molar-refractivity contribution in [1.82, 2.24) is 14.8 Å². The van der Waals surface area contributed by atoms with E-state index in [1.165, 1.54) is 6.42 Å². The van der Waals surface area contributed by atoms with Crippen LogP contribution in [0.3, 0.4) is 0 Å². The van der Waals surface area contributed by atoms with Crippen LogP contribution in [0.25, 0.3) is 11.4 Å². The number of fused-ring (bicyclic) bond motifs is 1. The summed E-state index contributed by atoms with van der Waals surface area (Å²) in [6, 6.07) is 13.1. The van der Waals surface area contributed by atoms with E-state index >= 15 is 0 Å². The van der Waals surface area contributed by atoms with Gasteiger partial charge in [-0.15, -0.1) is 0 Å². The Hall–Kier alpha value is -3.33. The topological polar surface area (TPSA) is 90.4 Å². The molecule has 0 saturated heterocycles. The van der Waals surface area contributed by atoms with Crippen molar-refractivity contribution in [3.05, 3.63) is 47.2 Å². The van der Waals surface area contributed by atoms with E-state index in [0.717, 1.165) is 42.7 Å². The predicted octanol–water partition coefficient (Wildman–Crippen LogP) is 5.08. The van der Waals surface area contributed by atoms with Crippen LogP contribution in [0, 0.1) is 4.77 Å². The smallest absolute Gasteiger partial charge is 0.251 e. The fraction of sp³-hybridized carbons (Fsp3) is 0.375. The third-order valence-corrected chi connectivity index (χ3v) is 6.42. The van der Waals surface area contributed by atoms with E-state index in [2.05, 4.69) is 15.5 Å². The van der Waals surface area contributed by atoms with Crippen molar-refractivity contribution in [1.29, 1.82) is 0 Å². The molecule has 1 aromatic heterocycles. The van der Waals surface area contributed by atoms with Crippen molar-refractivity contribution < 1.29 is 19.0 Å². The summed E-state index contributed by atoms with van der Waals surface area (Å²) in [6.07, 6.45) is 5.46. The van der Waals surface area contributed by atoms with Gasteiger partial charge in [-0.1, -0.05) is 6.42 Å². The Balaban J connectivity index is 1.23. The van der Waals surface area contributed by atoms with Crippen LogP contribution in [0.15, 0.2) is 42.5 Å². The van der Waals surface area contributed by atoms with Crippen molar-refractivity contribution in [2.75, 3.05) is 12.4 Å². The largest absolute Gasteiger partial charge is 0.497 e. The normalized spacial score (nSPS) is 16.0. The number of hydrogen-bond acceptors (Lipinski definition) is 6. The van der Waals surface area contributed by atoms with Gasteiger partial charge in [0.25, 0.3) is 5.79 Å². The van der Waals surface area contributed by atoms with Gasteiger partial charge in [0.1, 0.15) is 5.75 Å². The van der Waals surface area contributed by atoms with Gasteiger partial charge >= 0.3 is 0 Å². The number of aromatic amines is 1. The van der Waals surface area contributed by atoms with Crippen LogP contribution >= 0.6 is 12.2 Å². The Bertz CT molecular complexity index is 1210. The van der Waals surface area contributed by atoms with Crippen molar-refractivity contribution in [2.24, 2.45) is 0 Å². The number of carbonyl (C=O) groups is 1. The number of H-pyrrole nitrogens is 1. The van der Waals surface area contributed by atoms with Crippen molar-refractivity contribution in [3.63, 3.8) is 0 Å². The lowest BCUT2D eigenvalue weighted by atomic mass is 9.94. The highest BCUT2D eigenvalue weighted by molar-refractivity contribution is 7.71. The highest BCUT2D eigenvalue weighted by Crippen LogP contribution is 2.46. The molecule has 1 aliphatic heterocycles. The van der Waals surface area contributed by atoms with Crippen molar-refractivity contribution in [2.45, 2.75) is 50.9 Å². The van der Waals surface area contributed by atoms with Crippen LogP contribution in [-0.2, 0) is 11.3 Å². The summed E-state index contributed by atoms with van der Waals surface area (Å²) in [4.78, 5) is 12.7. The van der Waals surface area contributed by atoms with E-state index in [-0.39, 0.29) is 12.3 Å². The molecule has 0 unspecified atom stereocenters. The molecule has 172 valence electrons. The molecule has 2 aromatic carbocycles. The molecular weight excluding hydrogens is 440 g/mol. The second-order valence-corrected chi connectivity index (χ2v) is 8.75. The molecule has 3 aromatic rings. The summed E-state index contributed by atoms with van der Waals surface area (Å²) >= 11 is 5.37. The van der Waals surface area contributed by atoms with E-state index in [0.29, 0.717) is 28.6 Å². The van der Waals surface area contributed by atoms with Crippen molar-refractivity contribution in [3.8, 4) is 28.6 Å². The molecule has 1 aliphatic carbocycles. The van der Waals surface area contributed by atoms with Gasteiger partial charge in [0.05, 0.1) is 7.11 Å². The molecule has 1 fully saturated rings. The summed E-state index contributed by atoms with van der Waals surface area (Å²) < 4.78 is 19.8. The molecule has 5 rings (SSSR count). The minimum atomic E-state index is -0.529. The summed E-state index contributed by atoms with van der Waals surface area (Å²) in [5, 5.41) is 10.1. The zero-order chi connectivity index (χ0) is 22.8. The summed E-state index contributed by atoms with van der Waals surface area (Å²) in [6.45, 7) is 0.399. The lowest BCUT2D eigenvalue weighted by molar-refractivity contribution is -0.116. The predicted molar refractivity (Wildman–Crippen MR) is 126 cm³/mol. The number of aromatic nitrogens is 3. The molecule has 1 saturated carbocycles. The molecule has 1 amide bonds. The standard InChI is InChI=1S/C24H26N4O4S/c1-30-18-8-5-16(6-9-18)22-26-27-23(33)28(22)14-11-21(29)25-17-7-10-19-20(15-17)32-24(31-19)12-3-2-4-13-24/h5-10,15H,2-4,11-14H2,1H3,(H,25,29)(H,27,33). The molecule has 8 nitrogen and oxygen atoms in total. The fourth-order valence-corrected chi connectivity index (χ4v) is 4.61. The zero-order valence-electron chi connectivity index (χ0n) is 18.4. The first-order valence-corrected chi connectivity index (χ1v) is 11.6. The van der Waals surface area contributed by atoms with Gasteiger partial charge in [-0.3, -0.25) is 14.5 Å². The van der Waals surface area contributed by atoms with E-state index in [1.807, 2.05) is 47.0 Å². The minimum absolute atomic E-state index is 0.120. The minimum Gasteiger partial charge on any atom is -0.497 e. The number of hydrogen-bond donors (Lipinski definition) is 2. The van der Waals surface area contributed by atoms with Gasteiger partial charge < -0.3 is 19.5 Å². The molecule has 2 aliphatic rings. The summed E-state index contributed by atoms with van der Waals surface area (Å²) in [5.41, 5.74) is 1.57. The van der Waals surface area contributed by atoms with Gasteiger partial charge in [-0.2, -0.15) is 5.10 Å². The first kappa shape index (κ1) is 21.5. The van der Waals surface area contributed by atoms with Gasteiger partial charge in [0.2, 0.25) is 5.91 Å². The van der Waals surface area contributed by atoms with Crippen LogP contribution in [-0.4, -0.2) is 33.6 Å². The average Bonchev–Trinajstić information content (AvgIpc) is 3.37. The van der Waals surface area contributed by atoms with E-state index in [9.17, 15) is 4.79 Å².